The van der Waals surface area contributed by atoms with E-state index in [-0.39, 0.29) is 12.1 Å². The van der Waals surface area contributed by atoms with Crippen molar-refractivity contribution in [3.63, 3.8) is 0 Å². The van der Waals surface area contributed by atoms with E-state index in [1.165, 1.54) is 14.0 Å². The number of amides is 3. The smallest absolute Gasteiger partial charge is 0.326 e. The van der Waals surface area contributed by atoms with E-state index < -0.39 is 17.9 Å². The number of hydrogen-bond donors (Lipinski definition) is 3. The summed E-state index contributed by atoms with van der Waals surface area (Å²) in [5.41, 5.74) is 0.897. The van der Waals surface area contributed by atoms with Crippen molar-refractivity contribution in [2.45, 2.75) is 32.9 Å². The number of carboxylic acids is 1. The van der Waals surface area contributed by atoms with Gasteiger partial charge in [0.2, 0.25) is 0 Å². The largest absolute Gasteiger partial charge is 0.480 e. The van der Waals surface area contributed by atoms with Gasteiger partial charge in [0.25, 0.3) is 5.91 Å². The van der Waals surface area contributed by atoms with Gasteiger partial charge in [0, 0.05) is 24.3 Å². The van der Waals surface area contributed by atoms with E-state index in [0.717, 1.165) is 4.90 Å². The lowest BCUT2D eigenvalue weighted by Gasteiger charge is -2.21. The van der Waals surface area contributed by atoms with Crippen LogP contribution in [-0.4, -0.2) is 47.0 Å². The van der Waals surface area contributed by atoms with Gasteiger partial charge < -0.3 is 20.6 Å². The number of benzene rings is 1. The molecule has 0 aliphatic rings. The molecule has 1 unspecified atom stereocenters. The minimum atomic E-state index is -1.07. The molecule has 0 fully saturated rings. The second kappa shape index (κ2) is 7.44. The first-order valence-corrected chi connectivity index (χ1v) is 6.90. The van der Waals surface area contributed by atoms with Crippen molar-refractivity contribution in [3.05, 3.63) is 29.8 Å². The summed E-state index contributed by atoms with van der Waals surface area (Å²) in [6, 6.07) is 5.04. The number of aliphatic carboxylic acids is 1. The standard InChI is InChI=1S/C15H21N3O4/c1-9(2)16-15(22)17-12-7-5-11(6-8-12)13(19)18(4)10(3)14(20)21/h5-10H,1-4H3,(H,20,21)(H2,16,17,22). The van der Waals surface area contributed by atoms with E-state index in [1.54, 1.807) is 24.3 Å². The van der Waals surface area contributed by atoms with Gasteiger partial charge in [-0.1, -0.05) is 0 Å². The Morgan fingerprint density at radius 1 is 1.09 bits per heavy atom. The van der Waals surface area contributed by atoms with E-state index in [2.05, 4.69) is 10.6 Å². The SMILES string of the molecule is CC(C)NC(=O)Nc1ccc(C(=O)N(C)C(C)C(=O)O)cc1. The Hall–Kier alpha value is -2.57. The van der Waals surface area contributed by atoms with Crippen molar-refractivity contribution in [1.29, 1.82) is 0 Å². The van der Waals surface area contributed by atoms with Crippen molar-refractivity contribution in [2.75, 3.05) is 12.4 Å². The fourth-order valence-corrected chi connectivity index (χ4v) is 1.67. The number of hydrogen-bond acceptors (Lipinski definition) is 3. The first-order chi connectivity index (χ1) is 10.2. The molecular weight excluding hydrogens is 286 g/mol. The molecule has 0 aliphatic carbocycles. The molecule has 0 aliphatic heterocycles. The lowest BCUT2D eigenvalue weighted by atomic mass is 10.1. The van der Waals surface area contributed by atoms with Crippen LogP contribution >= 0.6 is 0 Å². The quantitative estimate of drug-likeness (QED) is 0.772. The highest BCUT2D eigenvalue weighted by Gasteiger charge is 2.22. The highest BCUT2D eigenvalue weighted by molar-refractivity contribution is 5.97. The summed E-state index contributed by atoms with van der Waals surface area (Å²) in [4.78, 5) is 35.7. The molecule has 3 N–H and O–H groups in total. The van der Waals surface area contributed by atoms with E-state index in [4.69, 9.17) is 5.11 Å². The fourth-order valence-electron chi connectivity index (χ4n) is 1.67. The minimum Gasteiger partial charge on any atom is -0.480 e. The molecule has 120 valence electrons. The van der Waals surface area contributed by atoms with Gasteiger partial charge in [0.1, 0.15) is 6.04 Å². The molecular formula is C15H21N3O4. The zero-order valence-electron chi connectivity index (χ0n) is 13.1. The highest BCUT2D eigenvalue weighted by Crippen LogP contribution is 2.12. The van der Waals surface area contributed by atoms with E-state index >= 15 is 0 Å². The highest BCUT2D eigenvalue weighted by atomic mass is 16.4. The van der Waals surface area contributed by atoms with Gasteiger partial charge in [-0.25, -0.2) is 9.59 Å². The molecule has 0 saturated carbocycles. The van der Waals surface area contributed by atoms with Gasteiger partial charge in [-0.05, 0) is 45.0 Å². The zero-order chi connectivity index (χ0) is 16.9. The van der Waals surface area contributed by atoms with Crippen LogP contribution in [0.3, 0.4) is 0 Å². The molecule has 7 heteroatoms. The second-order valence-electron chi connectivity index (χ2n) is 5.26. The summed E-state index contributed by atoms with van der Waals surface area (Å²) in [5, 5.41) is 14.2. The van der Waals surface area contributed by atoms with Gasteiger partial charge in [-0.2, -0.15) is 0 Å². The van der Waals surface area contributed by atoms with Crippen molar-refractivity contribution in [2.24, 2.45) is 0 Å². The van der Waals surface area contributed by atoms with Gasteiger partial charge >= 0.3 is 12.0 Å². The Labute approximate surface area is 129 Å². The number of nitrogens with zero attached hydrogens (tertiary/aromatic N) is 1. The number of carbonyl (C=O) groups excluding carboxylic acids is 2. The number of carbonyl (C=O) groups is 3. The Morgan fingerprint density at radius 3 is 2.09 bits per heavy atom. The topological polar surface area (TPSA) is 98.7 Å². The van der Waals surface area contributed by atoms with Crippen LogP contribution in [0.15, 0.2) is 24.3 Å². The molecule has 1 aromatic rings. The maximum absolute atomic E-state index is 12.1. The predicted octanol–water partition coefficient (Wildman–Crippen LogP) is 1.76. The van der Waals surface area contributed by atoms with Crippen LogP contribution in [0, 0.1) is 0 Å². The molecule has 0 bridgehead atoms. The minimum absolute atomic E-state index is 0.0204. The molecule has 0 spiro atoms. The third-order valence-corrected chi connectivity index (χ3v) is 3.07. The van der Waals surface area contributed by atoms with Gasteiger partial charge in [-0.15, -0.1) is 0 Å². The molecule has 1 aromatic carbocycles. The third kappa shape index (κ3) is 4.76. The van der Waals surface area contributed by atoms with Crippen LogP contribution in [0.1, 0.15) is 31.1 Å². The van der Waals surface area contributed by atoms with Crippen molar-refractivity contribution in [1.82, 2.24) is 10.2 Å². The Balaban J connectivity index is 2.74. The van der Waals surface area contributed by atoms with E-state index in [1.807, 2.05) is 13.8 Å². The van der Waals surface area contributed by atoms with Crippen LogP contribution < -0.4 is 10.6 Å². The molecule has 22 heavy (non-hydrogen) atoms. The normalized spacial score (nSPS) is 11.7. The molecule has 0 saturated heterocycles. The average molecular weight is 307 g/mol. The average Bonchev–Trinajstić information content (AvgIpc) is 2.44. The summed E-state index contributed by atoms with van der Waals surface area (Å²) in [7, 11) is 1.43. The molecule has 0 heterocycles. The lowest BCUT2D eigenvalue weighted by Crippen LogP contribution is -2.40. The summed E-state index contributed by atoms with van der Waals surface area (Å²) >= 11 is 0. The fraction of sp³-hybridized carbons (Fsp3) is 0.400. The molecule has 1 rings (SSSR count). The van der Waals surface area contributed by atoms with Crippen LogP contribution in [0.25, 0.3) is 0 Å². The van der Waals surface area contributed by atoms with E-state index in [9.17, 15) is 14.4 Å². The summed E-state index contributed by atoms with van der Waals surface area (Å²) < 4.78 is 0. The summed E-state index contributed by atoms with van der Waals surface area (Å²) in [6.45, 7) is 5.13. The Kier molecular flexibility index (Phi) is 5.91. The second-order valence-corrected chi connectivity index (χ2v) is 5.26. The number of urea groups is 1. The molecule has 7 nitrogen and oxygen atoms in total. The molecule has 0 radical (unpaired) electrons. The first-order valence-electron chi connectivity index (χ1n) is 6.90. The molecule has 1 atom stereocenters. The number of likely N-dealkylation sites (N-methyl/N-ethyl adjacent to an activating group) is 1. The van der Waals surface area contributed by atoms with Crippen LogP contribution in [0.4, 0.5) is 10.5 Å². The Bertz CT molecular complexity index is 554. The predicted molar refractivity (Wildman–Crippen MR) is 82.9 cm³/mol. The lowest BCUT2D eigenvalue weighted by molar-refractivity contribution is -0.141. The van der Waals surface area contributed by atoms with Crippen LogP contribution in [-0.2, 0) is 4.79 Å². The van der Waals surface area contributed by atoms with Gasteiger partial charge in [0.05, 0.1) is 0 Å². The number of rotatable bonds is 5. The van der Waals surface area contributed by atoms with Crippen molar-refractivity contribution >= 4 is 23.6 Å². The summed E-state index contributed by atoms with van der Waals surface area (Å²) in [6.07, 6.45) is 0. The van der Waals surface area contributed by atoms with Gasteiger partial charge in [-0.3, -0.25) is 4.79 Å². The van der Waals surface area contributed by atoms with E-state index in [0.29, 0.717) is 11.3 Å². The third-order valence-electron chi connectivity index (χ3n) is 3.07. The first kappa shape index (κ1) is 17.5. The number of anilines is 1. The molecule has 3 amide bonds. The van der Waals surface area contributed by atoms with Crippen molar-refractivity contribution in [3.8, 4) is 0 Å². The number of nitrogens with one attached hydrogen (secondary N) is 2. The van der Waals surface area contributed by atoms with Gasteiger partial charge in [0.15, 0.2) is 0 Å². The van der Waals surface area contributed by atoms with Crippen molar-refractivity contribution < 1.29 is 19.5 Å². The summed E-state index contributed by atoms with van der Waals surface area (Å²) in [5.74, 6) is -1.47. The molecule has 0 aromatic heterocycles. The Morgan fingerprint density at radius 2 is 1.64 bits per heavy atom. The zero-order valence-corrected chi connectivity index (χ0v) is 13.1. The van der Waals surface area contributed by atoms with Crippen LogP contribution in [0.2, 0.25) is 0 Å². The maximum atomic E-state index is 12.1. The van der Waals surface area contributed by atoms with Crippen LogP contribution in [0.5, 0.6) is 0 Å². The maximum Gasteiger partial charge on any atom is 0.326 e. The number of carboxylic acid groups (broad SMARTS) is 1. The monoisotopic (exact) mass is 307 g/mol.